The fourth-order valence-corrected chi connectivity index (χ4v) is 4.01. The van der Waals surface area contributed by atoms with Crippen molar-refractivity contribution < 1.29 is 14.3 Å². The Kier molecular flexibility index (Phi) is 3.68. The maximum Gasteiger partial charge on any atom is 0.254 e. The summed E-state index contributed by atoms with van der Waals surface area (Å²) in [6.45, 7) is 1.99. The molecule has 1 aromatic heterocycles. The highest BCUT2D eigenvalue weighted by molar-refractivity contribution is 7.99. The number of benzene rings is 1. The van der Waals surface area contributed by atoms with Crippen molar-refractivity contribution in [3.8, 4) is 11.5 Å². The minimum atomic E-state index is -0.181. The molecule has 124 valence electrons. The molecule has 0 spiro atoms. The first-order valence-corrected chi connectivity index (χ1v) is 8.51. The molecule has 0 saturated carbocycles. The van der Waals surface area contributed by atoms with Crippen LogP contribution in [0, 0.1) is 6.92 Å². The fourth-order valence-electron chi connectivity index (χ4n) is 2.81. The SMILES string of the molecule is Cc1cc(=O)n2c(n1)SC[C@H]2CC(=O)Nc1ccc2c(c1)OCO2. The van der Waals surface area contributed by atoms with E-state index in [2.05, 4.69) is 10.3 Å². The Bertz CT molecular complexity index is 880. The molecular formula is C16H15N3O4S. The van der Waals surface area contributed by atoms with Gasteiger partial charge in [-0.3, -0.25) is 14.2 Å². The van der Waals surface area contributed by atoms with Gasteiger partial charge in [0.25, 0.3) is 5.56 Å². The van der Waals surface area contributed by atoms with Crippen molar-refractivity contribution in [1.29, 1.82) is 0 Å². The fraction of sp³-hybridized carbons (Fsp3) is 0.312. The molecule has 3 heterocycles. The van der Waals surface area contributed by atoms with Gasteiger partial charge >= 0.3 is 0 Å². The van der Waals surface area contributed by atoms with Crippen LogP contribution in [0.1, 0.15) is 18.2 Å². The summed E-state index contributed by atoms with van der Waals surface area (Å²) < 4.78 is 12.2. The third-order valence-electron chi connectivity index (χ3n) is 3.90. The zero-order valence-electron chi connectivity index (χ0n) is 12.9. The highest BCUT2D eigenvalue weighted by atomic mass is 32.2. The maximum atomic E-state index is 12.3. The molecule has 2 aliphatic heterocycles. The van der Waals surface area contributed by atoms with E-state index in [0.717, 1.165) is 0 Å². The molecule has 0 saturated heterocycles. The van der Waals surface area contributed by atoms with E-state index in [4.69, 9.17) is 9.47 Å². The second kappa shape index (κ2) is 5.86. The van der Waals surface area contributed by atoms with Crippen molar-refractivity contribution in [2.75, 3.05) is 17.9 Å². The van der Waals surface area contributed by atoms with Gasteiger partial charge in [-0.05, 0) is 19.1 Å². The average molecular weight is 345 g/mol. The van der Waals surface area contributed by atoms with Gasteiger partial charge in [-0.25, -0.2) is 4.98 Å². The second-order valence-corrected chi connectivity index (χ2v) is 6.66. The molecule has 1 amide bonds. The first kappa shape index (κ1) is 15.1. The number of nitrogens with one attached hydrogen (secondary N) is 1. The van der Waals surface area contributed by atoms with Gasteiger partial charge in [-0.15, -0.1) is 0 Å². The number of anilines is 1. The zero-order chi connectivity index (χ0) is 16.7. The topological polar surface area (TPSA) is 82.5 Å². The average Bonchev–Trinajstić information content (AvgIpc) is 3.13. The second-order valence-electron chi connectivity index (χ2n) is 5.67. The van der Waals surface area contributed by atoms with Crippen molar-refractivity contribution in [1.82, 2.24) is 9.55 Å². The molecule has 1 aromatic carbocycles. The Balaban J connectivity index is 1.48. The van der Waals surface area contributed by atoms with E-state index in [1.807, 2.05) is 0 Å². The van der Waals surface area contributed by atoms with Crippen LogP contribution in [0.2, 0.25) is 0 Å². The standard InChI is InChI=1S/C16H15N3O4S/c1-9-4-15(21)19-11(7-24-16(19)17-9)6-14(20)18-10-2-3-12-13(5-10)23-8-22-12/h2-5,11H,6-8H2,1H3,(H,18,20)/t11-/m1/s1. The Morgan fingerprint density at radius 2 is 2.21 bits per heavy atom. The first-order chi connectivity index (χ1) is 11.6. The maximum absolute atomic E-state index is 12.3. The lowest BCUT2D eigenvalue weighted by molar-refractivity contribution is -0.116. The number of thioether (sulfide) groups is 1. The van der Waals surface area contributed by atoms with Crippen molar-refractivity contribution in [2.24, 2.45) is 0 Å². The molecule has 24 heavy (non-hydrogen) atoms. The van der Waals surface area contributed by atoms with E-state index in [1.54, 1.807) is 29.7 Å². The van der Waals surface area contributed by atoms with Gasteiger partial charge in [0.1, 0.15) is 0 Å². The Hall–Kier alpha value is -2.48. The zero-order valence-corrected chi connectivity index (χ0v) is 13.8. The molecule has 1 atom stereocenters. The molecule has 0 aliphatic carbocycles. The normalized spacial score (nSPS) is 17.6. The lowest BCUT2D eigenvalue weighted by atomic mass is 10.2. The van der Waals surface area contributed by atoms with Crippen LogP contribution in [0.5, 0.6) is 11.5 Å². The number of aryl methyl sites for hydroxylation is 1. The summed E-state index contributed by atoms with van der Waals surface area (Å²) in [4.78, 5) is 28.8. The van der Waals surface area contributed by atoms with E-state index in [9.17, 15) is 9.59 Å². The number of hydrogen-bond donors (Lipinski definition) is 1. The summed E-state index contributed by atoms with van der Waals surface area (Å²) in [6.07, 6.45) is 0.221. The van der Waals surface area contributed by atoms with Gasteiger partial charge in [0, 0.05) is 35.7 Å². The van der Waals surface area contributed by atoms with E-state index in [-0.39, 0.29) is 30.7 Å². The Morgan fingerprint density at radius 3 is 3.08 bits per heavy atom. The summed E-state index contributed by atoms with van der Waals surface area (Å²) in [5.74, 6) is 1.80. The monoisotopic (exact) mass is 345 g/mol. The van der Waals surface area contributed by atoms with Gasteiger partial charge in [-0.1, -0.05) is 11.8 Å². The van der Waals surface area contributed by atoms with Crippen LogP contribution in [0.15, 0.2) is 34.2 Å². The third-order valence-corrected chi connectivity index (χ3v) is 4.99. The first-order valence-electron chi connectivity index (χ1n) is 7.52. The van der Waals surface area contributed by atoms with Crippen LogP contribution in [-0.4, -0.2) is 28.0 Å². The smallest absolute Gasteiger partial charge is 0.254 e. The molecule has 8 heteroatoms. The number of nitrogens with zero attached hydrogens (tertiary/aromatic N) is 2. The minimum absolute atomic E-state index is 0.108. The molecule has 0 radical (unpaired) electrons. The molecule has 2 aliphatic rings. The van der Waals surface area contributed by atoms with E-state index in [0.29, 0.717) is 33.8 Å². The predicted octanol–water partition coefficient (Wildman–Crippen LogP) is 1.96. The van der Waals surface area contributed by atoms with Crippen molar-refractivity contribution in [3.05, 3.63) is 40.3 Å². The van der Waals surface area contributed by atoms with Gasteiger partial charge in [0.05, 0.1) is 6.04 Å². The molecule has 0 fully saturated rings. The predicted molar refractivity (Wildman–Crippen MR) is 88.8 cm³/mol. The van der Waals surface area contributed by atoms with Crippen molar-refractivity contribution in [2.45, 2.75) is 24.5 Å². The number of ether oxygens (including phenoxy) is 2. The molecule has 4 rings (SSSR count). The number of carbonyl (C=O) groups is 1. The number of aromatic nitrogens is 2. The summed E-state index contributed by atoms with van der Waals surface area (Å²) >= 11 is 1.50. The summed E-state index contributed by atoms with van der Waals surface area (Å²) in [5.41, 5.74) is 1.23. The number of carbonyl (C=O) groups excluding carboxylic acids is 1. The van der Waals surface area contributed by atoms with Crippen molar-refractivity contribution >= 4 is 23.4 Å². The Morgan fingerprint density at radius 1 is 1.38 bits per heavy atom. The number of hydrogen-bond acceptors (Lipinski definition) is 6. The highest BCUT2D eigenvalue weighted by Gasteiger charge is 2.27. The number of rotatable bonds is 3. The van der Waals surface area contributed by atoms with Crippen molar-refractivity contribution in [3.63, 3.8) is 0 Å². The summed E-state index contributed by atoms with van der Waals surface area (Å²) in [5, 5.41) is 3.52. The summed E-state index contributed by atoms with van der Waals surface area (Å²) in [7, 11) is 0. The van der Waals surface area contributed by atoms with Gasteiger partial charge in [0.2, 0.25) is 12.7 Å². The van der Waals surface area contributed by atoms with E-state index < -0.39 is 0 Å². The third kappa shape index (κ3) is 2.73. The largest absolute Gasteiger partial charge is 0.454 e. The van der Waals surface area contributed by atoms with Crippen LogP contribution in [0.25, 0.3) is 0 Å². The van der Waals surface area contributed by atoms with Crippen LogP contribution >= 0.6 is 11.8 Å². The molecule has 2 aromatic rings. The van der Waals surface area contributed by atoms with Crippen LogP contribution in [0.4, 0.5) is 5.69 Å². The quantitative estimate of drug-likeness (QED) is 0.856. The van der Waals surface area contributed by atoms with Crippen LogP contribution in [0.3, 0.4) is 0 Å². The molecule has 1 N–H and O–H groups in total. The van der Waals surface area contributed by atoms with Crippen LogP contribution < -0.4 is 20.3 Å². The van der Waals surface area contributed by atoms with E-state index in [1.165, 1.54) is 17.8 Å². The molecular weight excluding hydrogens is 330 g/mol. The van der Waals surface area contributed by atoms with Gasteiger partial charge in [-0.2, -0.15) is 0 Å². The highest BCUT2D eigenvalue weighted by Crippen LogP contribution is 2.35. The minimum Gasteiger partial charge on any atom is -0.454 e. The Labute approximate surface area is 142 Å². The van der Waals surface area contributed by atoms with Gasteiger partial charge in [0.15, 0.2) is 16.7 Å². The van der Waals surface area contributed by atoms with Gasteiger partial charge < -0.3 is 14.8 Å². The lowest BCUT2D eigenvalue weighted by Gasteiger charge is -2.13. The number of fused-ring (bicyclic) bond motifs is 2. The van der Waals surface area contributed by atoms with E-state index >= 15 is 0 Å². The molecule has 0 bridgehead atoms. The van der Waals surface area contributed by atoms with Crippen LogP contribution in [-0.2, 0) is 4.79 Å². The lowest BCUT2D eigenvalue weighted by Crippen LogP contribution is -2.27. The summed E-state index contributed by atoms with van der Waals surface area (Å²) in [6, 6.07) is 6.57. The number of amides is 1. The molecule has 7 nitrogen and oxygen atoms in total. The molecule has 0 unspecified atom stereocenters.